The number of nitrogens with zero attached hydrogens (tertiary/aromatic N) is 1. The highest BCUT2D eigenvalue weighted by molar-refractivity contribution is 8.18. The third-order valence-electron chi connectivity index (χ3n) is 5.42. The topological polar surface area (TPSA) is 85.2 Å². The molecule has 0 saturated heterocycles. The molecule has 38 heavy (non-hydrogen) atoms. The number of hydrogen-bond donors (Lipinski definition) is 1. The Morgan fingerprint density at radius 3 is 2.32 bits per heavy atom. The van der Waals surface area contributed by atoms with Crippen molar-refractivity contribution in [3.63, 3.8) is 0 Å². The van der Waals surface area contributed by atoms with E-state index in [0.29, 0.717) is 16.9 Å². The molecule has 0 aromatic heterocycles. The van der Waals surface area contributed by atoms with Crippen molar-refractivity contribution in [2.24, 2.45) is 4.99 Å². The standard InChI is InChI=1S/C29H23Cl2NO5S/c1-3-36-29(35)24-25(33)23(38-28(24)32-27(34)20-7-5-4-6-8-20)15-19-13-21(30)26(22(31)14-19)37-16-18-11-9-17(2)10-12-18/h4-15,33H,3,16H2,1-2H3/b23-15-,32-28?. The highest BCUT2D eigenvalue weighted by Crippen LogP contribution is 2.41. The Hall–Kier alpha value is -3.52. The molecule has 1 N–H and O–H groups in total. The molecule has 0 bridgehead atoms. The molecule has 9 heteroatoms. The van der Waals surface area contributed by atoms with E-state index < -0.39 is 11.9 Å². The van der Waals surface area contributed by atoms with Gasteiger partial charge in [0.1, 0.15) is 23.0 Å². The number of hydrogen-bond acceptors (Lipinski definition) is 6. The zero-order valence-corrected chi connectivity index (χ0v) is 22.9. The second-order valence-electron chi connectivity index (χ2n) is 8.23. The van der Waals surface area contributed by atoms with Gasteiger partial charge in [-0.3, -0.25) is 4.79 Å². The zero-order chi connectivity index (χ0) is 27.2. The molecule has 0 fully saturated rings. The molecule has 3 aromatic rings. The van der Waals surface area contributed by atoms with E-state index in [-0.39, 0.29) is 44.5 Å². The number of amides is 1. The fourth-order valence-corrected chi connectivity index (χ4v) is 5.15. The molecule has 0 atom stereocenters. The van der Waals surface area contributed by atoms with Crippen molar-refractivity contribution >= 4 is 58.0 Å². The van der Waals surface area contributed by atoms with Gasteiger partial charge < -0.3 is 14.6 Å². The van der Waals surface area contributed by atoms with Crippen molar-refractivity contribution in [1.29, 1.82) is 0 Å². The van der Waals surface area contributed by atoms with Crippen LogP contribution in [0, 0.1) is 6.92 Å². The Kier molecular flexibility index (Phi) is 8.94. The summed E-state index contributed by atoms with van der Waals surface area (Å²) in [6.07, 6.45) is 1.59. The van der Waals surface area contributed by atoms with Gasteiger partial charge in [-0.1, -0.05) is 83.0 Å². The van der Waals surface area contributed by atoms with Crippen LogP contribution in [0.4, 0.5) is 0 Å². The lowest BCUT2D eigenvalue weighted by molar-refractivity contribution is -0.138. The van der Waals surface area contributed by atoms with Crippen LogP contribution in [0.3, 0.4) is 0 Å². The summed E-state index contributed by atoms with van der Waals surface area (Å²) in [6.45, 7) is 4.03. The summed E-state index contributed by atoms with van der Waals surface area (Å²) >= 11 is 13.9. The number of halogens is 2. The first-order valence-electron chi connectivity index (χ1n) is 11.6. The Morgan fingerprint density at radius 1 is 1.03 bits per heavy atom. The van der Waals surface area contributed by atoms with E-state index >= 15 is 0 Å². The Balaban J connectivity index is 1.62. The lowest BCUT2D eigenvalue weighted by Crippen LogP contribution is -2.14. The van der Waals surface area contributed by atoms with Crippen molar-refractivity contribution in [2.75, 3.05) is 6.61 Å². The number of ether oxygens (including phenoxy) is 2. The average Bonchev–Trinajstić information content (AvgIpc) is 3.19. The Bertz CT molecular complexity index is 1440. The fourth-order valence-electron chi connectivity index (χ4n) is 3.52. The quantitative estimate of drug-likeness (QED) is 0.296. The predicted molar refractivity (Wildman–Crippen MR) is 152 cm³/mol. The molecule has 6 nitrogen and oxygen atoms in total. The Labute approximate surface area is 234 Å². The molecular weight excluding hydrogens is 545 g/mol. The minimum absolute atomic E-state index is 0.0382. The van der Waals surface area contributed by atoms with Crippen LogP contribution in [0.1, 0.15) is 34.0 Å². The molecule has 0 unspecified atom stereocenters. The molecule has 0 saturated carbocycles. The van der Waals surface area contributed by atoms with Gasteiger partial charge in [-0.05, 0) is 55.3 Å². The van der Waals surface area contributed by atoms with Gasteiger partial charge in [0.25, 0.3) is 5.91 Å². The SMILES string of the molecule is CCOC(=O)C1=C(O)/C(=C/c2cc(Cl)c(OCc3ccc(C)cc3)c(Cl)c2)SC1=NC(=O)c1ccccc1. The molecular formula is C29H23Cl2NO5S. The molecule has 1 aliphatic heterocycles. The number of aryl methyl sites for hydroxylation is 1. The van der Waals surface area contributed by atoms with Crippen LogP contribution in [0.5, 0.6) is 5.75 Å². The summed E-state index contributed by atoms with van der Waals surface area (Å²) in [7, 11) is 0. The van der Waals surface area contributed by atoms with Crippen LogP contribution in [0.25, 0.3) is 6.08 Å². The molecule has 1 heterocycles. The first-order valence-corrected chi connectivity index (χ1v) is 13.2. The van der Waals surface area contributed by atoms with Gasteiger partial charge in [0.05, 0.1) is 21.6 Å². The maximum atomic E-state index is 12.7. The maximum Gasteiger partial charge on any atom is 0.344 e. The second-order valence-corrected chi connectivity index (χ2v) is 10.1. The Morgan fingerprint density at radius 2 is 1.68 bits per heavy atom. The largest absolute Gasteiger partial charge is 0.506 e. The van der Waals surface area contributed by atoms with E-state index in [2.05, 4.69) is 4.99 Å². The van der Waals surface area contributed by atoms with Crippen LogP contribution < -0.4 is 4.74 Å². The molecule has 3 aromatic carbocycles. The third-order valence-corrected chi connectivity index (χ3v) is 7.00. The van der Waals surface area contributed by atoms with Crippen molar-refractivity contribution in [1.82, 2.24) is 0 Å². The van der Waals surface area contributed by atoms with Gasteiger partial charge in [-0.15, -0.1) is 0 Å². The van der Waals surface area contributed by atoms with E-state index in [1.165, 1.54) is 0 Å². The smallest absolute Gasteiger partial charge is 0.344 e. The third kappa shape index (κ3) is 6.48. The summed E-state index contributed by atoms with van der Waals surface area (Å²) < 4.78 is 10.9. The van der Waals surface area contributed by atoms with Gasteiger partial charge in [0.2, 0.25) is 0 Å². The van der Waals surface area contributed by atoms with Gasteiger partial charge in [0.15, 0.2) is 5.75 Å². The highest BCUT2D eigenvalue weighted by Gasteiger charge is 2.34. The molecule has 194 valence electrons. The molecule has 0 spiro atoms. The van der Waals surface area contributed by atoms with Gasteiger partial charge in [0, 0.05) is 5.56 Å². The molecule has 0 radical (unpaired) electrons. The van der Waals surface area contributed by atoms with Gasteiger partial charge in [-0.2, -0.15) is 0 Å². The monoisotopic (exact) mass is 567 g/mol. The van der Waals surface area contributed by atoms with Crippen molar-refractivity contribution in [3.05, 3.63) is 115 Å². The van der Waals surface area contributed by atoms with Crippen molar-refractivity contribution < 1.29 is 24.2 Å². The van der Waals surface area contributed by atoms with E-state index in [1.54, 1.807) is 55.5 Å². The minimum Gasteiger partial charge on any atom is -0.506 e. The zero-order valence-electron chi connectivity index (χ0n) is 20.5. The fraction of sp³-hybridized carbons (Fsp3) is 0.138. The number of carbonyl (C=O) groups excluding carboxylic acids is 2. The van der Waals surface area contributed by atoms with Crippen molar-refractivity contribution in [2.45, 2.75) is 20.5 Å². The summed E-state index contributed by atoms with van der Waals surface area (Å²) in [5.74, 6) is -1.35. The highest BCUT2D eigenvalue weighted by atomic mass is 35.5. The van der Waals surface area contributed by atoms with E-state index in [0.717, 1.165) is 22.9 Å². The maximum absolute atomic E-state index is 12.7. The first kappa shape index (κ1) is 27.5. The number of carbonyl (C=O) groups is 2. The normalized spacial score (nSPS) is 15.3. The predicted octanol–water partition coefficient (Wildman–Crippen LogP) is 7.58. The number of rotatable bonds is 7. The number of thioether (sulfide) groups is 1. The van der Waals surface area contributed by atoms with Crippen LogP contribution >= 0.6 is 35.0 Å². The number of aliphatic hydroxyl groups excluding tert-OH is 1. The molecule has 1 aliphatic rings. The summed E-state index contributed by atoms with van der Waals surface area (Å²) in [5.41, 5.74) is 2.83. The summed E-state index contributed by atoms with van der Waals surface area (Å²) in [5, 5.41) is 11.5. The summed E-state index contributed by atoms with van der Waals surface area (Å²) in [6, 6.07) is 19.6. The van der Waals surface area contributed by atoms with E-state index in [1.807, 2.05) is 31.2 Å². The van der Waals surface area contributed by atoms with Crippen LogP contribution in [-0.4, -0.2) is 28.6 Å². The lowest BCUT2D eigenvalue weighted by Gasteiger charge is -2.11. The van der Waals surface area contributed by atoms with Gasteiger partial charge in [-0.25, -0.2) is 9.79 Å². The minimum atomic E-state index is -0.781. The molecule has 4 rings (SSSR count). The molecule has 1 amide bonds. The van der Waals surface area contributed by atoms with E-state index in [9.17, 15) is 14.7 Å². The molecule has 0 aliphatic carbocycles. The van der Waals surface area contributed by atoms with E-state index in [4.69, 9.17) is 32.7 Å². The number of aliphatic hydroxyl groups is 1. The summed E-state index contributed by atoms with van der Waals surface area (Å²) in [4.78, 5) is 29.7. The first-order chi connectivity index (χ1) is 18.3. The van der Waals surface area contributed by atoms with Crippen LogP contribution in [-0.2, 0) is 16.1 Å². The number of aliphatic imine (C=N–C) groups is 1. The number of benzene rings is 3. The second kappa shape index (κ2) is 12.3. The van der Waals surface area contributed by atoms with Crippen LogP contribution in [0.2, 0.25) is 10.0 Å². The van der Waals surface area contributed by atoms with Crippen molar-refractivity contribution in [3.8, 4) is 5.75 Å². The van der Waals surface area contributed by atoms with Gasteiger partial charge >= 0.3 is 5.97 Å². The lowest BCUT2D eigenvalue weighted by atomic mass is 10.1. The number of esters is 1. The average molecular weight is 568 g/mol. The van der Waals surface area contributed by atoms with Crippen LogP contribution in [0.15, 0.2) is 88.0 Å².